The molecule has 4 nitrogen and oxygen atoms in total. The molecule has 108 valence electrons. The number of nitrogens with zero attached hydrogens (tertiary/aromatic N) is 1. The molecule has 0 aromatic carbocycles. The molecule has 0 saturated heterocycles. The van der Waals surface area contributed by atoms with Crippen LogP contribution in [0.1, 0.15) is 25.6 Å². The van der Waals surface area contributed by atoms with Gasteiger partial charge in [0.2, 0.25) is 5.88 Å². The van der Waals surface area contributed by atoms with Gasteiger partial charge in [0.05, 0.1) is 11.8 Å². The van der Waals surface area contributed by atoms with Crippen molar-refractivity contribution in [2.45, 2.75) is 39.3 Å². The van der Waals surface area contributed by atoms with Gasteiger partial charge in [0.25, 0.3) is 0 Å². The molecule has 0 bridgehead atoms. The molecule has 0 amide bonds. The Balaban J connectivity index is 2.01. The summed E-state index contributed by atoms with van der Waals surface area (Å²) in [6, 6.07) is 8.23. The Morgan fingerprint density at radius 1 is 1.30 bits per heavy atom. The summed E-state index contributed by atoms with van der Waals surface area (Å²) in [6.07, 6.45) is 1.04. The van der Waals surface area contributed by atoms with Crippen LogP contribution in [0.25, 0.3) is 0 Å². The molecule has 0 aliphatic heterocycles. The van der Waals surface area contributed by atoms with Crippen molar-refractivity contribution in [2.75, 3.05) is 11.1 Å². The molecule has 1 unspecified atom stereocenters. The van der Waals surface area contributed by atoms with Crippen LogP contribution in [0.15, 0.2) is 29.6 Å². The van der Waals surface area contributed by atoms with Gasteiger partial charge in [-0.3, -0.25) is 0 Å². The minimum atomic E-state index is 0.0589. The first-order valence-electron chi connectivity index (χ1n) is 6.76. The standard InChI is InChI=1S/C15H21N3OS/c1-10(2)19-15-13(16)6-7-14(18-15)17-11(3)9-12-5-4-8-20-12/h4-8,10-11H,9,16H2,1-3H3,(H,17,18). The Hall–Kier alpha value is -1.75. The molecular weight excluding hydrogens is 270 g/mol. The summed E-state index contributed by atoms with van der Waals surface area (Å²) in [6.45, 7) is 6.06. The van der Waals surface area contributed by atoms with E-state index in [9.17, 15) is 0 Å². The normalized spacial score (nSPS) is 12.4. The van der Waals surface area contributed by atoms with Crippen LogP contribution < -0.4 is 15.8 Å². The van der Waals surface area contributed by atoms with E-state index in [-0.39, 0.29) is 6.10 Å². The Labute approximate surface area is 124 Å². The zero-order valence-electron chi connectivity index (χ0n) is 12.1. The van der Waals surface area contributed by atoms with E-state index < -0.39 is 0 Å². The second kappa shape index (κ2) is 6.61. The second-order valence-electron chi connectivity index (χ2n) is 5.09. The highest BCUT2D eigenvalue weighted by Gasteiger charge is 2.09. The molecule has 2 aromatic heterocycles. The Kier molecular flexibility index (Phi) is 4.84. The van der Waals surface area contributed by atoms with Gasteiger partial charge >= 0.3 is 0 Å². The third kappa shape index (κ3) is 4.13. The van der Waals surface area contributed by atoms with Crippen molar-refractivity contribution < 1.29 is 4.74 Å². The lowest BCUT2D eigenvalue weighted by molar-refractivity contribution is 0.234. The number of anilines is 2. The van der Waals surface area contributed by atoms with Crippen LogP contribution >= 0.6 is 11.3 Å². The van der Waals surface area contributed by atoms with Crippen LogP contribution in [0.3, 0.4) is 0 Å². The molecule has 2 heterocycles. The number of thiophene rings is 1. The van der Waals surface area contributed by atoms with Crippen molar-refractivity contribution in [3.05, 3.63) is 34.5 Å². The van der Waals surface area contributed by atoms with E-state index in [1.54, 1.807) is 11.3 Å². The predicted octanol–water partition coefficient (Wildman–Crippen LogP) is 3.56. The van der Waals surface area contributed by atoms with Crippen molar-refractivity contribution in [1.82, 2.24) is 4.98 Å². The van der Waals surface area contributed by atoms with Crippen molar-refractivity contribution in [1.29, 1.82) is 0 Å². The fourth-order valence-corrected chi connectivity index (χ4v) is 2.72. The van der Waals surface area contributed by atoms with Gasteiger partial charge in [0.1, 0.15) is 5.82 Å². The fraction of sp³-hybridized carbons (Fsp3) is 0.400. The molecule has 0 aliphatic carbocycles. The number of nitrogen functional groups attached to an aromatic ring is 1. The Bertz CT molecular complexity index is 540. The third-order valence-electron chi connectivity index (χ3n) is 2.72. The van der Waals surface area contributed by atoms with E-state index in [0.717, 1.165) is 12.2 Å². The first kappa shape index (κ1) is 14.7. The number of rotatable bonds is 6. The van der Waals surface area contributed by atoms with Crippen LogP contribution in [0.4, 0.5) is 11.5 Å². The topological polar surface area (TPSA) is 60.2 Å². The van der Waals surface area contributed by atoms with Crippen LogP contribution in [0.5, 0.6) is 5.88 Å². The summed E-state index contributed by atoms with van der Waals surface area (Å²) in [5.74, 6) is 1.28. The van der Waals surface area contributed by atoms with Gasteiger partial charge < -0.3 is 15.8 Å². The maximum absolute atomic E-state index is 5.86. The van der Waals surface area contributed by atoms with Gasteiger partial charge in [-0.1, -0.05) is 6.07 Å². The number of hydrogen-bond acceptors (Lipinski definition) is 5. The average Bonchev–Trinajstić information content (AvgIpc) is 2.85. The first-order chi connectivity index (χ1) is 9.54. The largest absolute Gasteiger partial charge is 0.473 e. The number of pyridine rings is 1. The zero-order valence-corrected chi connectivity index (χ0v) is 12.9. The van der Waals surface area contributed by atoms with Crippen LogP contribution in [0.2, 0.25) is 0 Å². The molecule has 2 rings (SSSR count). The minimum absolute atomic E-state index is 0.0589. The minimum Gasteiger partial charge on any atom is -0.473 e. The average molecular weight is 291 g/mol. The molecule has 0 spiro atoms. The van der Waals surface area contributed by atoms with Crippen LogP contribution in [0, 0.1) is 0 Å². The summed E-state index contributed by atoms with van der Waals surface area (Å²) >= 11 is 1.77. The van der Waals surface area contributed by atoms with Gasteiger partial charge in [-0.15, -0.1) is 11.3 Å². The first-order valence-corrected chi connectivity index (χ1v) is 7.64. The van der Waals surface area contributed by atoms with E-state index in [1.807, 2.05) is 26.0 Å². The van der Waals surface area contributed by atoms with E-state index in [2.05, 4.69) is 34.7 Å². The summed E-state index contributed by atoms with van der Waals surface area (Å²) in [5.41, 5.74) is 6.43. The molecule has 3 N–H and O–H groups in total. The molecule has 5 heteroatoms. The molecule has 0 radical (unpaired) electrons. The van der Waals surface area contributed by atoms with E-state index in [4.69, 9.17) is 10.5 Å². The van der Waals surface area contributed by atoms with Crippen molar-refractivity contribution in [3.63, 3.8) is 0 Å². The molecule has 0 fully saturated rings. The highest BCUT2D eigenvalue weighted by atomic mass is 32.1. The lowest BCUT2D eigenvalue weighted by Crippen LogP contribution is -2.19. The smallest absolute Gasteiger partial charge is 0.239 e. The Morgan fingerprint density at radius 3 is 2.75 bits per heavy atom. The van der Waals surface area contributed by atoms with Gasteiger partial charge in [0.15, 0.2) is 0 Å². The highest BCUT2D eigenvalue weighted by molar-refractivity contribution is 7.09. The van der Waals surface area contributed by atoms with Gasteiger partial charge in [-0.05, 0) is 44.4 Å². The maximum Gasteiger partial charge on any atom is 0.239 e. The number of nitrogens with one attached hydrogen (secondary N) is 1. The molecule has 20 heavy (non-hydrogen) atoms. The number of hydrogen-bond donors (Lipinski definition) is 2. The second-order valence-corrected chi connectivity index (χ2v) is 6.12. The van der Waals surface area contributed by atoms with E-state index in [1.165, 1.54) is 4.88 Å². The van der Waals surface area contributed by atoms with Crippen LogP contribution in [-0.4, -0.2) is 17.1 Å². The fourth-order valence-electron chi connectivity index (χ4n) is 1.88. The molecular formula is C15H21N3OS. The monoisotopic (exact) mass is 291 g/mol. The number of aromatic nitrogens is 1. The summed E-state index contributed by atoms with van der Waals surface area (Å²) in [7, 11) is 0. The lowest BCUT2D eigenvalue weighted by Gasteiger charge is -2.16. The van der Waals surface area contributed by atoms with Crippen LogP contribution in [-0.2, 0) is 6.42 Å². The van der Waals surface area contributed by atoms with E-state index in [0.29, 0.717) is 17.6 Å². The SMILES string of the molecule is CC(Cc1cccs1)Nc1ccc(N)c(OC(C)C)n1. The highest BCUT2D eigenvalue weighted by Crippen LogP contribution is 2.23. The summed E-state index contributed by atoms with van der Waals surface area (Å²) in [4.78, 5) is 5.79. The Morgan fingerprint density at radius 2 is 2.10 bits per heavy atom. The number of ether oxygens (including phenoxy) is 1. The van der Waals surface area contributed by atoms with Gasteiger partial charge in [0, 0.05) is 17.3 Å². The summed E-state index contributed by atoms with van der Waals surface area (Å²) < 4.78 is 5.60. The molecule has 0 saturated carbocycles. The van der Waals surface area contributed by atoms with Crippen molar-refractivity contribution in [3.8, 4) is 5.88 Å². The molecule has 0 aliphatic rings. The van der Waals surface area contributed by atoms with Crippen molar-refractivity contribution >= 4 is 22.8 Å². The maximum atomic E-state index is 5.86. The molecule has 2 aromatic rings. The quantitative estimate of drug-likeness (QED) is 0.854. The lowest BCUT2D eigenvalue weighted by atomic mass is 10.2. The van der Waals surface area contributed by atoms with Crippen molar-refractivity contribution in [2.24, 2.45) is 0 Å². The van der Waals surface area contributed by atoms with Gasteiger partial charge in [-0.2, -0.15) is 4.98 Å². The molecule has 1 atom stereocenters. The predicted molar refractivity (Wildman–Crippen MR) is 85.5 cm³/mol. The van der Waals surface area contributed by atoms with E-state index >= 15 is 0 Å². The van der Waals surface area contributed by atoms with Gasteiger partial charge in [-0.25, -0.2) is 0 Å². The number of nitrogens with two attached hydrogens (primary N) is 1. The zero-order chi connectivity index (χ0) is 14.5. The summed E-state index contributed by atoms with van der Waals surface area (Å²) in [5, 5.41) is 5.48. The third-order valence-corrected chi connectivity index (χ3v) is 3.62.